The second-order valence-electron chi connectivity index (χ2n) is 5.29. The van der Waals surface area contributed by atoms with Gasteiger partial charge in [-0.1, -0.05) is 46.3 Å². The number of rotatable bonds is 7. The number of ether oxygens (including phenoxy) is 1. The first-order valence-electron chi connectivity index (χ1n) is 7.32. The molecule has 7 heteroatoms. The van der Waals surface area contributed by atoms with E-state index in [1.165, 1.54) is 13.8 Å². The number of benzene rings is 2. The number of esters is 1. The third kappa shape index (κ3) is 5.78. The largest absolute Gasteiger partial charge is 0.468 e. The zero-order chi connectivity index (χ0) is 17.6. The normalized spacial score (nSPS) is 14.5. The zero-order valence-corrected chi connectivity index (χ0v) is 15.9. The van der Waals surface area contributed by atoms with Crippen molar-refractivity contribution in [1.82, 2.24) is 5.09 Å². The first-order chi connectivity index (χ1) is 11.4. The van der Waals surface area contributed by atoms with E-state index in [2.05, 4.69) is 21.0 Å². The van der Waals surface area contributed by atoms with Crippen LogP contribution in [0.25, 0.3) is 0 Å². The molecule has 0 aliphatic carbocycles. The highest BCUT2D eigenvalue weighted by atomic mass is 79.9. The molecule has 1 N–H and O–H groups in total. The minimum absolute atomic E-state index is 0.356. The fourth-order valence-electron chi connectivity index (χ4n) is 2.18. The summed E-state index contributed by atoms with van der Waals surface area (Å²) in [6, 6.07) is 15.7. The molecule has 2 aromatic carbocycles. The summed E-state index contributed by atoms with van der Waals surface area (Å²) in [4.78, 5) is 12.0. The number of carbonyl (C=O) groups excluding carboxylic acids is 1. The Morgan fingerprint density at radius 2 is 1.79 bits per heavy atom. The van der Waals surface area contributed by atoms with Crippen LogP contribution in [0.2, 0.25) is 0 Å². The lowest BCUT2D eigenvalue weighted by Gasteiger charge is -2.22. The van der Waals surface area contributed by atoms with Gasteiger partial charge in [0.1, 0.15) is 11.8 Å². The van der Waals surface area contributed by atoms with Crippen LogP contribution in [0.5, 0.6) is 5.75 Å². The predicted molar refractivity (Wildman–Crippen MR) is 97.4 cm³/mol. The minimum atomic E-state index is -3.26. The molecule has 0 aliphatic rings. The smallest absolute Gasteiger partial charge is 0.323 e. The summed E-state index contributed by atoms with van der Waals surface area (Å²) in [7, 11) is -1.95. The molecule has 1 unspecified atom stereocenters. The van der Waals surface area contributed by atoms with Crippen LogP contribution in [0.15, 0.2) is 59.1 Å². The predicted octanol–water partition coefficient (Wildman–Crippen LogP) is 4.02. The van der Waals surface area contributed by atoms with E-state index in [0.29, 0.717) is 12.2 Å². The first-order valence-corrected chi connectivity index (χ1v) is 10.2. The summed E-state index contributed by atoms with van der Waals surface area (Å²) in [5.41, 5.74) is 0.934. The molecule has 0 saturated heterocycles. The zero-order valence-electron chi connectivity index (χ0n) is 13.4. The van der Waals surface area contributed by atoms with Crippen LogP contribution in [0.1, 0.15) is 5.56 Å². The molecular formula is C17H19BrNO4P. The molecule has 0 aliphatic heterocycles. The Hall–Kier alpha value is -1.62. The van der Waals surface area contributed by atoms with Gasteiger partial charge in [0.15, 0.2) is 0 Å². The van der Waals surface area contributed by atoms with Crippen molar-refractivity contribution in [1.29, 1.82) is 0 Å². The summed E-state index contributed by atoms with van der Waals surface area (Å²) in [6.45, 7) is 1.44. The molecule has 0 radical (unpaired) electrons. The van der Waals surface area contributed by atoms with Crippen LogP contribution in [-0.4, -0.2) is 25.8 Å². The Morgan fingerprint density at radius 1 is 1.17 bits per heavy atom. The van der Waals surface area contributed by atoms with Gasteiger partial charge in [0, 0.05) is 11.1 Å². The van der Waals surface area contributed by atoms with Crippen LogP contribution < -0.4 is 9.61 Å². The lowest BCUT2D eigenvalue weighted by molar-refractivity contribution is -0.142. The summed E-state index contributed by atoms with van der Waals surface area (Å²) in [5.74, 6) is -0.0276. The van der Waals surface area contributed by atoms with Gasteiger partial charge in [-0.15, -0.1) is 0 Å². The number of methoxy groups -OCH3 is 1. The van der Waals surface area contributed by atoms with E-state index < -0.39 is 19.5 Å². The van der Waals surface area contributed by atoms with Gasteiger partial charge in [0.2, 0.25) is 0 Å². The maximum Gasteiger partial charge on any atom is 0.323 e. The Bertz CT molecular complexity index is 721. The molecule has 0 amide bonds. The van der Waals surface area contributed by atoms with E-state index in [-0.39, 0.29) is 0 Å². The van der Waals surface area contributed by atoms with E-state index in [9.17, 15) is 9.36 Å². The van der Waals surface area contributed by atoms with Crippen molar-refractivity contribution in [3.63, 3.8) is 0 Å². The third-order valence-corrected chi connectivity index (χ3v) is 5.12. The number of carbonyl (C=O) groups is 1. The number of halogens is 1. The molecule has 5 nitrogen and oxygen atoms in total. The molecular weight excluding hydrogens is 393 g/mol. The molecule has 0 heterocycles. The molecule has 2 rings (SSSR count). The molecule has 0 bridgehead atoms. The fraction of sp³-hybridized carbons (Fsp3) is 0.235. The second-order valence-corrected chi connectivity index (χ2v) is 8.33. The maximum atomic E-state index is 12.7. The number of hydrogen-bond donors (Lipinski definition) is 1. The summed E-state index contributed by atoms with van der Waals surface area (Å²) in [5, 5.41) is 2.80. The SMILES string of the molecule is COC(=O)[C@H](Cc1ccccc1)NP(C)(=O)Oc1ccc(Br)cc1. The van der Waals surface area contributed by atoms with E-state index in [0.717, 1.165) is 10.0 Å². The lowest BCUT2D eigenvalue weighted by atomic mass is 10.1. The first kappa shape index (κ1) is 18.7. The van der Waals surface area contributed by atoms with Crippen molar-refractivity contribution >= 4 is 29.4 Å². The van der Waals surface area contributed by atoms with E-state index in [4.69, 9.17) is 9.26 Å². The monoisotopic (exact) mass is 411 g/mol. The van der Waals surface area contributed by atoms with Gasteiger partial charge in [0.25, 0.3) is 0 Å². The fourth-order valence-corrected chi connectivity index (χ4v) is 3.78. The van der Waals surface area contributed by atoms with Crippen molar-refractivity contribution in [3.05, 3.63) is 64.6 Å². The highest BCUT2D eigenvalue weighted by Crippen LogP contribution is 2.40. The molecule has 0 spiro atoms. The Labute approximate surface area is 150 Å². The standard InChI is InChI=1S/C17H19BrNO4P/c1-22-17(20)16(12-13-6-4-3-5-7-13)19-24(2,21)23-15-10-8-14(18)9-11-15/h3-11,16H,12H2,1-2H3,(H,19,21)/t16-,24?/m0/s1. The third-order valence-electron chi connectivity index (χ3n) is 3.25. The average Bonchev–Trinajstić information content (AvgIpc) is 2.56. The molecule has 24 heavy (non-hydrogen) atoms. The van der Waals surface area contributed by atoms with Gasteiger partial charge < -0.3 is 9.26 Å². The van der Waals surface area contributed by atoms with Crippen LogP contribution in [0.3, 0.4) is 0 Å². The van der Waals surface area contributed by atoms with Crippen molar-refractivity contribution in [3.8, 4) is 5.75 Å². The molecule has 2 aromatic rings. The van der Waals surface area contributed by atoms with Gasteiger partial charge in [-0.3, -0.25) is 9.36 Å². The van der Waals surface area contributed by atoms with Gasteiger partial charge in [0.05, 0.1) is 7.11 Å². The van der Waals surface area contributed by atoms with Crippen LogP contribution >= 0.6 is 23.4 Å². The van der Waals surface area contributed by atoms with E-state index >= 15 is 0 Å². The average molecular weight is 412 g/mol. The maximum absolute atomic E-state index is 12.7. The van der Waals surface area contributed by atoms with Crippen LogP contribution in [0, 0.1) is 0 Å². The molecule has 128 valence electrons. The highest BCUT2D eigenvalue weighted by Gasteiger charge is 2.28. The summed E-state index contributed by atoms with van der Waals surface area (Å²) >= 11 is 3.33. The van der Waals surface area contributed by atoms with Gasteiger partial charge in [-0.2, -0.15) is 0 Å². The quantitative estimate of drug-likeness (QED) is 0.550. The highest BCUT2D eigenvalue weighted by molar-refractivity contribution is 9.10. The second kappa shape index (κ2) is 8.47. The number of nitrogens with one attached hydrogen (secondary N) is 1. The van der Waals surface area contributed by atoms with Gasteiger partial charge >= 0.3 is 13.5 Å². The van der Waals surface area contributed by atoms with E-state index in [1.54, 1.807) is 24.3 Å². The molecule has 0 aromatic heterocycles. The van der Waals surface area contributed by atoms with Crippen molar-refractivity contribution < 1.29 is 18.6 Å². The summed E-state index contributed by atoms with van der Waals surface area (Å²) in [6.07, 6.45) is 0.356. The Kier molecular flexibility index (Phi) is 6.60. The van der Waals surface area contributed by atoms with Crippen molar-refractivity contribution in [2.75, 3.05) is 13.8 Å². The lowest BCUT2D eigenvalue weighted by Crippen LogP contribution is -2.38. The van der Waals surface area contributed by atoms with Crippen molar-refractivity contribution in [2.24, 2.45) is 0 Å². The van der Waals surface area contributed by atoms with Gasteiger partial charge in [-0.25, -0.2) is 5.09 Å². The summed E-state index contributed by atoms with van der Waals surface area (Å²) < 4.78 is 24.0. The molecule has 2 atom stereocenters. The van der Waals surface area contributed by atoms with Crippen molar-refractivity contribution in [2.45, 2.75) is 12.5 Å². The molecule has 0 saturated carbocycles. The molecule has 0 fully saturated rings. The Balaban J connectivity index is 2.10. The Morgan fingerprint density at radius 3 is 2.38 bits per heavy atom. The number of hydrogen-bond acceptors (Lipinski definition) is 4. The van der Waals surface area contributed by atoms with Crippen LogP contribution in [0.4, 0.5) is 0 Å². The van der Waals surface area contributed by atoms with E-state index in [1.807, 2.05) is 30.3 Å². The minimum Gasteiger partial charge on any atom is -0.468 e. The topological polar surface area (TPSA) is 64.6 Å². The van der Waals surface area contributed by atoms with Crippen LogP contribution in [-0.2, 0) is 20.5 Å². The van der Waals surface area contributed by atoms with Gasteiger partial charge in [-0.05, 0) is 36.2 Å².